The van der Waals surface area contributed by atoms with Gasteiger partial charge in [-0.25, -0.2) is 0 Å². The average Bonchev–Trinajstić information content (AvgIpc) is 2.47. The fourth-order valence-corrected chi connectivity index (χ4v) is 2.07. The fourth-order valence-electron chi connectivity index (χ4n) is 2.07. The molecule has 112 valence electrons. The summed E-state index contributed by atoms with van der Waals surface area (Å²) in [6.07, 6.45) is 0.955. The highest BCUT2D eigenvalue weighted by Gasteiger charge is 2.11. The lowest BCUT2D eigenvalue weighted by molar-refractivity contribution is -0.121. The van der Waals surface area contributed by atoms with E-state index in [-0.39, 0.29) is 11.9 Å². The van der Waals surface area contributed by atoms with Crippen molar-refractivity contribution in [1.82, 2.24) is 5.32 Å². The predicted octanol–water partition coefficient (Wildman–Crippen LogP) is 2.86. The van der Waals surface area contributed by atoms with Crippen LogP contribution >= 0.6 is 0 Å². The lowest BCUT2D eigenvalue weighted by atomic mass is 10.2. The second-order valence-corrected chi connectivity index (χ2v) is 4.88. The fraction of sp³-hybridized carbons (Fsp3) is 0.562. The van der Waals surface area contributed by atoms with E-state index in [1.54, 1.807) is 0 Å². The molecule has 1 aromatic rings. The lowest BCUT2D eigenvalue weighted by Gasteiger charge is -2.21. The van der Waals surface area contributed by atoms with Gasteiger partial charge in [0, 0.05) is 31.0 Å². The topological polar surface area (TPSA) is 44.4 Å². The van der Waals surface area contributed by atoms with Crippen molar-refractivity contribution in [2.75, 3.05) is 29.9 Å². The maximum absolute atomic E-state index is 11.8. The zero-order valence-electron chi connectivity index (χ0n) is 13.1. The second-order valence-electron chi connectivity index (χ2n) is 4.88. The van der Waals surface area contributed by atoms with Crippen LogP contribution in [0.2, 0.25) is 0 Å². The Labute approximate surface area is 122 Å². The molecule has 1 rings (SSSR count). The molecule has 0 spiro atoms. The summed E-state index contributed by atoms with van der Waals surface area (Å²) < 4.78 is 0. The second kappa shape index (κ2) is 8.46. The highest BCUT2D eigenvalue weighted by molar-refractivity contribution is 5.84. The van der Waals surface area contributed by atoms with Crippen LogP contribution in [0.3, 0.4) is 0 Å². The molecule has 0 aliphatic rings. The number of rotatable bonds is 8. The molecule has 4 nitrogen and oxygen atoms in total. The van der Waals surface area contributed by atoms with E-state index in [0.717, 1.165) is 31.7 Å². The summed E-state index contributed by atoms with van der Waals surface area (Å²) in [7, 11) is 0. The maximum atomic E-state index is 11.8. The quantitative estimate of drug-likeness (QED) is 0.768. The van der Waals surface area contributed by atoms with Crippen LogP contribution in [0.15, 0.2) is 24.3 Å². The maximum Gasteiger partial charge on any atom is 0.242 e. The zero-order valence-corrected chi connectivity index (χ0v) is 13.1. The molecular formula is C16H27N3O. The number of hydrogen-bond acceptors (Lipinski definition) is 3. The van der Waals surface area contributed by atoms with Crippen molar-refractivity contribution in [3.63, 3.8) is 0 Å². The number of nitrogens with one attached hydrogen (secondary N) is 2. The molecule has 0 bridgehead atoms. The molecule has 0 saturated heterocycles. The van der Waals surface area contributed by atoms with Crippen LogP contribution in [0.25, 0.3) is 0 Å². The van der Waals surface area contributed by atoms with Gasteiger partial charge in [0.1, 0.15) is 6.04 Å². The van der Waals surface area contributed by atoms with Gasteiger partial charge in [-0.15, -0.1) is 0 Å². The summed E-state index contributed by atoms with van der Waals surface area (Å²) in [4.78, 5) is 14.1. The first-order valence-corrected chi connectivity index (χ1v) is 7.51. The molecule has 0 heterocycles. The van der Waals surface area contributed by atoms with Crippen LogP contribution in [0.4, 0.5) is 11.4 Å². The van der Waals surface area contributed by atoms with Gasteiger partial charge in [0.2, 0.25) is 5.91 Å². The molecule has 1 atom stereocenters. The van der Waals surface area contributed by atoms with E-state index in [1.165, 1.54) is 5.69 Å². The van der Waals surface area contributed by atoms with E-state index in [0.29, 0.717) is 0 Å². The molecular weight excluding hydrogens is 250 g/mol. The van der Waals surface area contributed by atoms with E-state index in [1.807, 2.05) is 26.0 Å². The number of carbonyl (C=O) groups is 1. The number of benzene rings is 1. The first-order valence-electron chi connectivity index (χ1n) is 7.51. The van der Waals surface area contributed by atoms with E-state index in [2.05, 4.69) is 41.5 Å². The third-order valence-corrected chi connectivity index (χ3v) is 3.32. The molecule has 1 aromatic carbocycles. The van der Waals surface area contributed by atoms with Gasteiger partial charge in [0.25, 0.3) is 0 Å². The van der Waals surface area contributed by atoms with Gasteiger partial charge in [0.15, 0.2) is 0 Å². The summed E-state index contributed by atoms with van der Waals surface area (Å²) in [5.74, 6) is 0.0414. The molecule has 2 N–H and O–H groups in total. The summed E-state index contributed by atoms with van der Waals surface area (Å²) in [5, 5.41) is 6.11. The first kappa shape index (κ1) is 16.3. The largest absolute Gasteiger partial charge is 0.374 e. The molecule has 0 aliphatic heterocycles. The minimum atomic E-state index is -0.221. The Morgan fingerprint density at radius 1 is 1.15 bits per heavy atom. The van der Waals surface area contributed by atoms with E-state index >= 15 is 0 Å². The van der Waals surface area contributed by atoms with Gasteiger partial charge in [-0.2, -0.15) is 0 Å². The molecule has 0 radical (unpaired) electrons. The minimum absolute atomic E-state index is 0.0414. The number of amides is 1. The van der Waals surface area contributed by atoms with Crippen molar-refractivity contribution in [2.24, 2.45) is 0 Å². The molecule has 0 saturated carbocycles. The average molecular weight is 277 g/mol. The van der Waals surface area contributed by atoms with E-state index in [9.17, 15) is 4.79 Å². The number of carbonyl (C=O) groups excluding carboxylic acids is 1. The molecule has 1 amide bonds. The van der Waals surface area contributed by atoms with Crippen LogP contribution in [-0.4, -0.2) is 31.6 Å². The minimum Gasteiger partial charge on any atom is -0.374 e. The van der Waals surface area contributed by atoms with Gasteiger partial charge >= 0.3 is 0 Å². The van der Waals surface area contributed by atoms with Crippen molar-refractivity contribution < 1.29 is 4.79 Å². The van der Waals surface area contributed by atoms with Crippen LogP contribution in [0, 0.1) is 0 Å². The van der Waals surface area contributed by atoms with Crippen molar-refractivity contribution in [3.8, 4) is 0 Å². The van der Waals surface area contributed by atoms with Crippen LogP contribution in [0.5, 0.6) is 0 Å². The summed E-state index contributed by atoms with van der Waals surface area (Å²) in [6.45, 7) is 10.9. The lowest BCUT2D eigenvalue weighted by Crippen LogP contribution is -2.37. The highest BCUT2D eigenvalue weighted by atomic mass is 16.2. The van der Waals surface area contributed by atoms with Crippen molar-refractivity contribution >= 4 is 17.3 Å². The van der Waals surface area contributed by atoms with Gasteiger partial charge in [-0.05, 0) is 51.5 Å². The van der Waals surface area contributed by atoms with Crippen molar-refractivity contribution in [1.29, 1.82) is 0 Å². The van der Waals surface area contributed by atoms with Crippen molar-refractivity contribution in [2.45, 2.75) is 40.2 Å². The van der Waals surface area contributed by atoms with Gasteiger partial charge < -0.3 is 15.5 Å². The summed E-state index contributed by atoms with van der Waals surface area (Å²) in [5.41, 5.74) is 2.18. The normalized spacial score (nSPS) is 11.8. The molecule has 1 unspecified atom stereocenters. The Morgan fingerprint density at radius 2 is 1.75 bits per heavy atom. The monoisotopic (exact) mass is 277 g/mol. The standard InChI is InChI=1S/C16H27N3O/c1-5-12-17-16(20)13(4)18-14-8-10-15(11-9-14)19(6-2)7-3/h8-11,13,18H,5-7,12H2,1-4H3,(H,17,20). The van der Waals surface area contributed by atoms with Gasteiger partial charge in [-0.3, -0.25) is 4.79 Å². The zero-order chi connectivity index (χ0) is 15.0. The van der Waals surface area contributed by atoms with Crippen LogP contribution in [-0.2, 0) is 4.79 Å². The Kier molecular flexibility index (Phi) is 6.91. The molecule has 20 heavy (non-hydrogen) atoms. The Bertz CT molecular complexity index is 399. The van der Waals surface area contributed by atoms with Crippen molar-refractivity contribution in [3.05, 3.63) is 24.3 Å². The Balaban J connectivity index is 2.58. The predicted molar refractivity (Wildman–Crippen MR) is 86.4 cm³/mol. The summed E-state index contributed by atoms with van der Waals surface area (Å²) in [6, 6.07) is 8.01. The molecule has 0 fully saturated rings. The third-order valence-electron chi connectivity index (χ3n) is 3.32. The third kappa shape index (κ3) is 4.76. The number of nitrogens with zero attached hydrogens (tertiary/aromatic N) is 1. The molecule has 4 heteroatoms. The molecule has 0 aromatic heterocycles. The molecule has 0 aliphatic carbocycles. The smallest absolute Gasteiger partial charge is 0.242 e. The Hall–Kier alpha value is -1.71. The van der Waals surface area contributed by atoms with E-state index < -0.39 is 0 Å². The first-order chi connectivity index (χ1) is 9.62. The highest BCUT2D eigenvalue weighted by Crippen LogP contribution is 2.18. The van der Waals surface area contributed by atoms with Crippen LogP contribution < -0.4 is 15.5 Å². The van der Waals surface area contributed by atoms with Gasteiger partial charge in [-0.1, -0.05) is 6.92 Å². The van der Waals surface area contributed by atoms with Gasteiger partial charge in [0.05, 0.1) is 0 Å². The van der Waals surface area contributed by atoms with E-state index in [4.69, 9.17) is 0 Å². The summed E-state index contributed by atoms with van der Waals surface area (Å²) >= 11 is 0. The number of anilines is 2. The number of hydrogen-bond donors (Lipinski definition) is 2. The Morgan fingerprint density at radius 3 is 2.25 bits per heavy atom. The van der Waals surface area contributed by atoms with Crippen LogP contribution in [0.1, 0.15) is 34.1 Å². The SMILES string of the molecule is CCCNC(=O)C(C)Nc1ccc(N(CC)CC)cc1.